The van der Waals surface area contributed by atoms with Crippen LogP contribution in [0.25, 0.3) is 32.2 Å². The van der Waals surface area contributed by atoms with Gasteiger partial charge in [-0.25, -0.2) is 18.7 Å². The van der Waals surface area contributed by atoms with Crippen molar-refractivity contribution in [3.63, 3.8) is 0 Å². The normalized spacial score (nSPS) is 14.2. The number of aromatic hydroxyl groups is 1. The van der Waals surface area contributed by atoms with Gasteiger partial charge in [-0.3, -0.25) is 0 Å². The number of thiazole rings is 1. The van der Waals surface area contributed by atoms with Crippen molar-refractivity contribution in [3.8, 4) is 23.1 Å². The topological polar surface area (TPSA) is 111 Å². The number of nitrogens with zero attached hydrogens (tertiary/aromatic N) is 4. The molecular weight excluding hydrogens is 458 g/mol. The highest BCUT2D eigenvalue weighted by molar-refractivity contribution is 7.22. The Hall–Kier alpha value is -3.26. The van der Waals surface area contributed by atoms with Crippen LogP contribution in [0.15, 0.2) is 18.2 Å². The zero-order valence-corrected chi connectivity index (χ0v) is 18.0. The number of hydrogen-bond acceptors (Lipinski definition) is 8. The van der Waals surface area contributed by atoms with Crippen molar-refractivity contribution in [1.82, 2.24) is 15.3 Å². The van der Waals surface area contributed by atoms with Gasteiger partial charge in [0, 0.05) is 42.7 Å². The molecule has 0 bridgehead atoms. The molecule has 32 heavy (non-hydrogen) atoms. The van der Waals surface area contributed by atoms with Gasteiger partial charge in [-0.05, 0) is 18.2 Å². The fourth-order valence-electron chi connectivity index (χ4n) is 4.06. The van der Waals surface area contributed by atoms with E-state index < -0.39 is 17.5 Å². The lowest BCUT2D eigenvalue weighted by molar-refractivity contribution is 0.452. The Labute approximate surface area is 189 Å². The van der Waals surface area contributed by atoms with Crippen molar-refractivity contribution in [1.29, 1.82) is 5.26 Å². The smallest absolute Gasteiger partial charge is 0.232 e. The molecule has 2 aromatic heterocycles. The SMILES string of the molecule is N#Cc1c(O)nc2c(F)c(-c3ccc(F)c4sc(N)nc34)c(Cl)cc2c1N1CCNCC1. The molecule has 5 rings (SSSR count). The fraction of sp³-hybridized carbons (Fsp3) is 0.190. The van der Waals surface area contributed by atoms with Gasteiger partial charge in [0.15, 0.2) is 10.9 Å². The van der Waals surface area contributed by atoms with Crippen molar-refractivity contribution in [2.24, 2.45) is 0 Å². The minimum atomic E-state index is -0.803. The number of rotatable bonds is 2. The molecule has 0 unspecified atom stereocenters. The van der Waals surface area contributed by atoms with E-state index in [2.05, 4.69) is 15.3 Å². The summed E-state index contributed by atoms with van der Waals surface area (Å²) >= 11 is 7.50. The Morgan fingerprint density at radius 3 is 2.69 bits per heavy atom. The molecule has 162 valence electrons. The number of nitrogens with one attached hydrogen (secondary N) is 1. The van der Waals surface area contributed by atoms with Crippen LogP contribution < -0.4 is 16.0 Å². The van der Waals surface area contributed by atoms with E-state index in [0.717, 1.165) is 11.3 Å². The van der Waals surface area contributed by atoms with E-state index in [1.54, 1.807) is 0 Å². The Morgan fingerprint density at radius 2 is 1.97 bits per heavy atom. The van der Waals surface area contributed by atoms with Gasteiger partial charge in [0.05, 0.1) is 20.9 Å². The van der Waals surface area contributed by atoms with Crippen LogP contribution in [0, 0.1) is 23.0 Å². The summed E-state index contributed by atoms with van der Waals surface area (Å²) < 4.78 is 30.3. The first-order valence-corrected chi connectivity index (χ1v) is 10.9. The van der Waals surface area contributed by atoms with Crippen molar-refractivity contribution in [3.05, 3.63) is 40.4 Å². The van der Waals surface area contributed by atoms with Crippen LogP contribution >= 0.6 is 22.9 Å². The molecule has 4 aromatic rings. The molecule has 4 N–H and O–H groups in total. The van der Waals surface area contributed by atoms with E-state index in [4.69, 9.17) is 17.3 Å². The molecule has 0 atom stereocenters. The Morgan fingerprint density at radius 1 is 1.22 bits per heavy atom. The number of hydrogen-bond donors (Lipinski definition) is 3. The van der Waals surface area contributed by atoms with E-state index in [9.17, 15) is 14.8 Å². The molecule has 1 saturated heterocycles. The zero-order valence-electron chi connectivity index (χ0n) is 16.4. The van der Waals surface area contributed by atoms with Crippen LogP contribution in [0.3, 0.4) is 0 Å². The van der Waals surface area contributed by atoms with Crippen LogP contribution in [-0.4, -0.2) is 41.3 Å². The van der Waals surface area contributed by atoms with Crippen molar-refractivity contribution >= 4 is 54.9 Å². The summed E-state index contributed by atoms with van der Waals surface area (Å²) in [6.45, 7) is 2.46. The summed E-state index contributed by atoms with van der Waals surface area (Å²) in [6, 6.07) is 6.07. The zero-order chi connectivity index (χ0) is 22.6. The minimum absolute atomic E-state index is 0.0302. The third kappa shape index (κ3) is 3.09. The second-order valence-corrected chi connectivity index (χ2v) is 8.71. The van der Waals surface area contributed by atoms with E-state index >= 15 is 4.39 Å². The Bertz CT molecular complexity index is 1440. The first-order valence-electron chi connectivity index (χ1n) is 9.66. The summed E-state index contributed by atoms with van der Waals surface area (Å²) in [5, 5.41) is 23.8. The van der Waals surface area contributed by atoms with E-state index in [-0.39, 0.29) is 42.6 Å². The first kappa shape index (κ1) is 20.6. The average Bonchev–Trinajstić information content (AvgIpc) is 3.18. The van der Waals surface area contributed by atoms with Gasteiger partial charge >= 0.3 is 0 Å². The molecule has 7 nitrogen and oxygen atoms in total. The quantitative estimate of drug-likeness (QED) is 0.404. The molecule has 1 fully saturated rings. The third-order valence-corrected chi connectivity index (χ3v) is 6.64. The molecule has 1 aliphatic rings. The summed E-state index contributed by atoms with van der Waals surface area (Å²) in [4.78, 5) is 10.0. The van der Waals surface area contributed by atoms with Crippen molar-refractivity contribution in [2.45, 2.75) is 0 Å². The van der Waals surface area contributed by atoms with E-state index in [1.165, 1.54) is 18.2 Å². The highest BCUT2D eigenvalue weighted by Crippen LogP contribution is 2.44. The molecule has 3 heterocycles. The molecule has 11 heteroatoms. The monoisotopic (exact) mass is 472 g/mol. The predicted octanol–water partition coefficient (Wildman–Crippen LogP) is 4.01. The molecule has 1 aliphatic heterocycles. The van der Waals surface area contributed by atoms with Gasteiger partial charge in [0.25, 0.3) is 0 Å². The van der Waals surface area contributed by atoms with Gasteiger partial charge in [-0.15, -0.1) is 0 Å². The number of nitriles is 1. The molecule has 0 saturated carbocycles. The maximum Gasteiger partial charge on any atom is 0.232 e. The molecule has 0 amide bonds. The summed E-state index contributed by atoms with van der Waals surface area (Å²) in [7, 11) is 0. The first-order chi connectivity index (χ1) is 15.4. The number of nitrogens with two attached hydrogens (primary N) is 1. The number of piperazine rings is 1. The van der Waals surface area contributed by atoms with Gasteiger partial charge in [0.1, 0.15) is 23.0 Å². The Kier molecular flexibility index (Phi) is 4.97. The van der Waals surface area contributed by atoms with Gasteiger partial charge < -0.3 is 21.1 Å². The van der Waals surface area contributed by atoms with E-state index in [1.807, 2.05) is 11.0 Å². The highest BCUT2D eigenvalue weighted by Gasteiger charge is 2.27. The minimum Gasteiger partial charge on any atom is -0.492 e. The number of benzene rings is 2. The third-order valence-electron chi connectivity index (χ3n) is 5.45. The number of nitrogen functional groups attached to an aromatic ring is 1. The number of anilines is 2. The summed E-state index contributed by atoms with van der Waals surface area (Å²) in [5.41, 5.74) is 6.36. The van der Waals surface area contributed by atoms with Gasteiger partial charge in [0.2, 0.25) is 5.88 Å². The number of halogens is 3. The average molecular weight is 473 g/mol. The lowest BCUT2D eigenvalue weighted by Crippen LogP contribution is -2.44. The highest BCUT2D eigenvalue weighted by atomic mass is 35.5. The van der Waals surface area contributed by atoms with E-state index in [0.29, 0.717) is 37.3 Å². The van der Waals surface area contributed by atoms with Crippen LogP contribution in [0.5, 0.6) is 5.88 Å². The number of fused-ring (bicyclic) bond motifs is 2. The van der Waals surface area contributed by atoms with Crippen LogP contribution in [-0.2, 0) is 0 Å². The largest absolute Gasteiger partial charge is 0.492 e. The van der Waals surface area contributed by atoms with Crippen molar-refractivity contribution < 1.29 is 13.9 Å². The molecule has 2 aromatic carbocycles. The van der Waals surface area contributed by atoms with Crippen LogP contribution in [0.1, 0.15) is 5.56 Å². The Balaban J connectivity index is 1.84. The fourth-order valence-corrected chi connectivity index (χ4v) is 5.12. The van der Waals surface area contributed by atoms with Crippen LogP contribution in [0.4, 0.5) is 19.6 Å². The molecule has 0 radical (unpaired) electrons. The number of aromatic nitrogens is 2. The van der Waals surface area contributed by atoms with Crippen LogP contribution in [0.2, 0.25) is 5.02 Å². The number of pyridine rings is 1. The molecule has 0 spiro atoms. The lowest BCUT2D eigenvalue weighted by Gasteiger charge is -2.31. The molecular formula is C21H15ClF2N6OS. The van der Waals surface area contributed by atoms with Gasteiger partial charge in [-0.2, -0.15) is 5.26 Å². The predicted molar refractivity (Wildman–Crippen MR) is 121 cm³/mol. The summed E-state index contributed by atoms with van der Waals surface area (Å²) in [5.74, 6) is -1.89. The molecule has 0 aliphatic carbocycles. The second kappa shape index (κ2) is 7.70. The standard InChI is InChI=1S/C21H15ClF2N6OS/c22-12-7-10-16(28-20(31)11(8-25)18(10)30-5-3-27-4-6-30)15(24)14(12)9-1-2-13(23)19-17(9)29-21(26)32-19/h1-2,7,27H,3-6H2,(H2,26,29)(H,28,31). The van der Waals surface area contributed by atoms with Crippen molar-refractivity contribution in [2.75, 3.05) is 36.8 Å². The maximum absolute atomic E-state index is 15.9. The second-order valence-electron chi connectivity index (χ2n) is 7.28. The lowest BCUT2D eigenvalue weighted by atomic mass is 9.99. The van der Waals surface area contributed by atoms with Gasteiger partial charge in [-0.1, -0.05) is 22.9 Å². The summed E-state index contributed by atoms with van der Waals surface area (Å²) in [6.07, 6.45) is 0. The maximum atomic E-state index is 15.9.